The van der Waals surface area contributed by atoms with Crippen LogP contribution in [0.5, 0.6) is 0 Å². The Kier molecular flexibility index (Phi) is 8.39. The van der Waals surface area contributed by atoms with Crippen LogP contribution in [-0.4, -0.2) is 41.9 Å². The van der Waals surface area contributed by atoms with E-state index in [0.717, 1.165) is 6.42 Å². The topological polar surface area (TPSA) is 49.8 Å². The number of hydrogen-bond acceptors (Lipinski definition) is 4. The van der Waals surface area contributed by atoms with Crippen LogP contribution >= 0.6 is 12.4 Å². The Bertz CT molecular complexity index is 372. The number of carbonyl (C=O) groups excluding carboxylic acids is 1. The van der Waals surface area contributed by atoms with E-state index in [1.165, 1.54) is 12.5 Å². The van der Waals surface area contributed by atoms with E-state index in [1.54, 1.807) is 0 Å². The summed E-state index contributed by atoms with van der Waals surface area (Å²) >= 11 is 0. The number of nitrogens with zero attached hydrogens (tertiary/aromatic N) is 1. The van der Waals surface area contributed by atoms with Gasteiger partial charge in [-0.2, -0.15) is 0 Å². The van der Waals surface area contributed by atoms with E-state index in [-0.39, 0.29) is 18.4 Å². The number of ether oxygens (including phenoxy) is 1. The van der Waals surface area contributed by atoms with E-state index in [0.29, 0.717) is 6.54 Å². The molecule has 0 saturated heterocycles. The summed E-state index contributed by atoms with van der Waals surface area (Å²) in [7, 11) is 1.90. The SMILES string of the molecule is CC(=O)OC(O)CN(C)C(C)Cc1ccccc1.Cl. The average molecular weight is 288 g/mol. The Morgan fingerprint density at radius 1 is 1.37 bits per heavy atom. The van der Waals surface area contributed by atoms with Crippen molar-refractivity contribution in [3.05, 3.63) is 35.9 Å². The molecule has 1 aromatic rings. The van der Waals surface area contributed by atoms with Gasteiger partial charge in [-0.05, 0) is 26.0 Å². The highest BCUT2D eigenvalue weighted by molar-refractivity contribution is 5.85. The van der Waals surface area contributed by atoms with Gasteiger partial charge in [-0.15, -0.1) is 12.4 Å². The molecular weight excluding hydrogens is 266 g/mol. The van der Waals surface area contributed by atoms with Gasteiger partial charge in [0.1, 0.15) is 0 Å². The average Bonchev–Trinajstić information content (AvgIpc) is 2.28. The Labute approximate surface area is 120 Å². The molecule has 19 heavy (non-hydrogen) atoms. The van der Waals surface area contributed by atoms with Crippen molar-refractivity contribution < 1.29 is 14.6 Å². The highest BCUT2D eigenvalue weighted by Crippen LogP contribution is 2.08. The predicted octanol–water partition coefficient (Wildman–Crippen LogP) is 1.85. The van der Waals surface area contributed by atoms with Crippen molar-refractivity contribution in [3.63, 3.8) is 0 Å². The maximum absolute atomic E-state index is 10.7. The van der Waals surface area contributed by atoms with Gasteiger partial charge in [-0.3, -0.25) is 9.69 Å². The van der Waals surface area contributed by atoms with Crippen LogP contribution < -0.4 is 0 Å². The molecule has 0 heterocycles. The number of likely N-dealkylation sites (N-methyl/N-ethyl adjacent to an activating group) is 1. The highest BCUT2D eigenvalue weighted by atomic mass is 35.5. The van der Waals surface area contributed by atoms with Crippen LogP contribution in [0.3, 0.4) is 0 Å². The Balaban J connectivity index is 0.00000324. The molecule has 1 N–H and O–H groups in total. The van der Waals surface area contributed by atoms with E-state index >= 15 is 0 Å². The molecule has 0 fully saturated rings. The molecule has 0 radical (unpaired) electrons. The number of aliphatic hydroxyl groups excluding tert-OH is 1. The third-order valence-corrected chi connectivity index (χ3v) is 2.87. The lowest BCUT2D eigenvalue weighted by atomic mass is 10.1. The van der Waals surface area contributed by atoms with Gasteiger partial charge in [-0.25, -0.2) is 0 Å². The first-order valence-corrected chi connectivity index (χ1v) is 6.08. The van der Waals surface area contributed by atoms with Gasteiger partial charge in [0.25, 0.3) is 0 Å². The molecule has 5 heteroatoms. The van der Waals surface area contributed by atoms with Gasteiger partial charge < -0.3 is 9.84 Å². The summed E-state index contributed by atoms with van der Waals surface area (Å²) in [6.45, 7) is 3.68. The van der Waals surface area contributed by atoms with Gasteiger partial charge in [0.2, 0.25) is 6.29 Å². The van der Waals surface area contributed by atoms with Crippen LogP contribution in [0, 0.1) is 0 Å². The molecule has 0 bridgehead atoms. The summed E-state index contributed by atoms with van der Waals surface area (Å²) in [5, 5.41) is 9.52. The van der Waals surface area contributed by atoms with Crippen molar-refractivity contribution in [1.82, 2.24) is 4.90 Å². The van der Waals surface area contributed by atoms with Crippen molar-refractivity contribution in [3.8, 4) is 0 Å². The lowest BCUT2D eigenvalue weighted by Crippen LogP contribution is -2.38. The summed E-state index contributed by atoms with van der Waals surface area (Å²) < 4.78 is 4.70. The van der Waals surface area contributed by atoms with Crippen molar-refractivity contribution in [1.29, 1.82) is 0 Å². The van der Waals surface area contributed by atoms with Crippen molar-refractivity contribution in [2.45, 2.75) is 32.6 Å². The third-order valence-electron chi connectivity index (χ3n) is 2.87. The zero-order valence-corrected chi connectivity index (χ0v) is 12.4. The monoisotopic (exact) mass is 287 g/mol. The van der Waals surface area contributed by atoms with Gasteiger partial charge in [0.05, 0.1) is 6.54 Å². The van der Waals surface area contributed by atoms with Crippen molar-refractivity contribution in [2.75, 3.05) is 13.6 Å². The molecule has 1 aromatic carbocycles. The number of aliphatic hydroxyl groups is 1. The zero-order valence-electron chi connectivity index (χ0n) is 11.6. The Morgan fingerprint density at radius 2 is 1.95 bits per heavy atom. The Hall–Kier alpha value is -1.10. The first-order valence-electron chi connectivity index (χ1n) is 6.08. The fourth-order valence-corrected chi connectivity index (χ4v) is 1.77. The van der Waals surface area contributed by atoms with E-state index in [9.17, 15) is 9.90 Å². The van der Waals surface area contributed by atoms with E-state index < -0.39 is 12.3 Å². The fraction of sp³-hybridized carbons (Fsp3) is 0.500. The smallest absolute Gasteiger partial charge is 0.304 e. The highest BCUT2D eigenvalue weighted by Gasteiger charge is 2.15. The number of esters is 1. The molecular formula is C14H22ClNO3. The van der Waals surface area contributed by atoms with Crippen LogP contribution in [0.15, 0.2) is 30.3 Å². The second-order valence-corrected chi connectivity index (χ2v) is 4.54. The molecule has 0 aliphatic heterocycles. The molecule has 108 valence electrons. The quantitative estimate of drug-likeness (QED) is 0.641. The molecule has 0 spiro atoms. The molecule has 1 rings (SSSR count). The van der Waals surface area contributed by atoms with Crippen LogP contribution in [0.2, 0.25) is 0 Å². The molecule has 2 unspecified atom stereocenters. The lowest BCUT2D eigenvalue weighted by Gasteiger charge is -2.26. The number of hydrogen-bond donors (Lipinski definition) is 1. The minimum absolute atomic E-state index is 0. The summed E-state index contributed by atoms with van der Waals surface area (Å²) in [4.78, 5) is 12.7. The van der Waals surface area contributed by atoms with Gasteiger partial charge in [0, 0.05) is 13.0 Å². The normalized spacial score (nSPS) is 13.5. The van der Waals surface area contributed by atoms with E-state index in [1.807, 2.05) is 30.1 Å². The van der Waals surface area contributed by atoms with Gasteiger partial charge in [-0.1, -0.05) is 30.3 Å². The van der Waals surface area contributed by atoms with Crippen LogP contribution in [0.1, 0.15) is 19.4 Å². The molecule has 0 aliphatic carbocycles. The summed E-state index contributed by atoms with van der Waals surface area (Å²) in [6.07, 6.45) is -0.171. The van der Waals surface area contributed by atoms with Crippen molar-refractivity contribution >= 4 is 18.4 Å². The largest absolute Gasteiger partial charge is 0.435 e. The number of benzene rings is 1. The predicted molar refractivity (Wildman–Crippen MR) is 77.3 cm³/mol. The standard InChI is InChI=1S/C14H21NO3.ClH/c1-11(9-13-7-5-4-6-8-13)15(3)10-14(17)18-12(2)16;/h4-8,11,14,17H,9-10H2,1-3H3;1H. The summed E-state index contributed by atoms with van der Waals surface area (Å²) in [5.74, 6) is -0.466. The molecule has 0 saturated carbocycles. The Morgan fingerprint density at radius 3 is 2.47 bits per heavy atom. The molecule has 2 atom stereocenters. The van der Waals surface area contributed by atoms with E-state index in [4.69, 9.17) is 4.74 Å². The minimum Gasteiger partial charge on any atom is -0.435 e. The van der Waals surface area contributed by atoms with E-state index in [2.05, 4.69) is 19.1 Å². The van der Waals surface area contributed by atoms with Crippen molar-refractivity contribution in [2.24, 2.45) is 0 Å². The number of carbonyl (C=O) groups is 1. The third kappa shape index (κ3) is 7.15. The lowest BCUT2D eigenvalue weighted by molar-refractivity contribution is -0.167. The zero-order chi connectivity index (χ0) is 13.5. The molecule has 4 nitrogen and oxygen atoms in total. The molecule has 0 aliphatic rings. The second-order valence-electron chi connectivity index (χ2n) is 4.54. The molecule has 0 aromatic heterocycles. The van der Waals surface area contributed by atoms with Gasteiger partial charge >= 0.3 is 5.97 Å². The maximum Gasteiger partial charge on any atom is 0.304 e. The summed E-state index contributed by atoms with van der Waals surface area (Å²) in [6, 6.07) is 10.4. The van der Waals surface area contributed by atoms with Gasteiger partial charge in [0.15, 0.2) is 0 Å². The first kappa shape index (κ1) is 17.9. The van der Waals surface area contributed by atoms with Crippen LogP contribution in [0.25, 0.3) is 0 Å². The fourth-order valence-electron chi connectivity index (χ4n) is 1.77. The minimum atomic E-state index is -1.06. The maximum atomic E-state index is 10.7. The number of halogens is 1. The number of rotatable bonds is 6. The second kappa shape index (κ2) is 8.91. The molecule has 0 amide bonds. The van der Waals surface area contributed by atoms with Crippen LogP contribution in [0.4, 0.5) is 0 Å². The first-order chi connectivity index (χ1) is 8.49. The van der Waals surface area contributed by atoms with Crippen LogP contribution in [-0.2, 0) is 16.0 Å². The summed E-state index contributed by atoms with van der Waals surface area (Å²) in [5.41, 5.74) is 1.25.